The van der Waals surface area contributed by atoms with Crippen LogP contribution in [0.25, 0.3) is 0 Å². The number of rotatable bonds is 2. The van der Waals surface area contributed by atoms with Crippen LogP contribution < -0.4 is 0 Å². The van der Waals surface area contributed by atoms with Crippen molar-refractivity contribution < 1.29 is 23.0 Å². The molecule has 6 nitrogen and oxygen atoms in total. The van der Waals surface area contributed by atoms with E-state index in [1.807, 2.05) is 0 Å². The summed E-state index contributed by atoms with van der Waals surface area (Å²) in [4.78, 5) is 18.2. The van der Waals surface area contributed by atoms with Gasteiger partial charge in [0.2, 0.25) is 0 Å². The first-order chi connectivity index (χ1) is 7.21. The van der Waals surface area contributed by atoms with Gasteiger partial charge in [-0.3, -0.25) is 20.2 Å². The molecule has 1 radical (unpaired) electrons. The number of benzene rings is 1. The predicted molar refractivity (Wildman–Crippen MR) is 43.6 cm³/mol. The molecule has 1 aromatic rings. The minimum atomic E-state index is -4.92. The first-order valence-electron chi connectivity index (χ1n) is 3.65. The van der Waals surface area contributed by atoms with Gasteiger partial charge in [0.25, 0.3) is 11.4 Å². The lowest BCUT2D eigenvalue weighted by Crippen LogP contribution is -2.07. The topological polar surface area (TPSA) is 86.3 Å². The maximum atomic E-state index is 12.2. The number of nitro benzene ring substituents is 2. The Hall–Kier alpha value is -2.19. The normalized spacial score (nSPS) is 11.2. The first kappa shape index (κ1) is 11.9. The first-order valence-corrected chi connectivity index (χ1v) is 3.65. The summed E-state index contributed by atoms with van der Waals surface area (Å²) in [5.41, 5.74) is -3.65. The van der Waals surface area contributed by atoms with Gasteiger partial charge in [-0.2, -0.15) is 13.2 Å². The van der Waals surface area contributed by atoms with E-state index in [1.54, 1.807) is 0 Å². The lowest BCUT2D eigenvalue weighted by atomic mass is 10.1. The summed E-state index contributed by atoms with van der Waals surface area (Å²) >= 11 is 0. The van der Waals surface area contributed by atoms with Crippen molar-refractivity contribution in [3.8, 4) is 0 Å². The molecule has 0 atom stereocenters. The molecule has 1 rings (SSSR count). The van der Waals surface area contributed by atoms with Crippen LogP contribution in [0, 0.1) is 26.3 Å². The summed E-state index contributed by atoms with van der Waals surface area (Å²) in [5, 5.41) is 20.5. The van der Waals surface area contributed by atoms with Crippen LogP contribution in [0.1, 0.15) is 5.56 Å². The van der Waals surface area contributed by atoms with E-state index in [0.29, 0.717) is 6.07 Å². The predicted octanol–water partition coefficient (Wildman–Crippen LogP) is 2.32. The Morgan fingerprint density at radius 1 is 1.12 bits per heavy atom. The van der Waals surface area contributed by atoms with Crippen LogP contribution in [0.5, 0.6) is 0 Å². The summed E-state index contributed by atoms with van der Waals surface area (Å²) in [6.45, 7) is 0. The van der Waals surface area contributed by atoms with Crippen LogP contribution in [0.2, 0.25) is 0 Å². The van der Waals surface area contributed by atoms with E-state index < -0.39 is 33.0 Å². The zero-order chi connectivity index (χ0) is 12.5. The fourth-order valence-corrected chi connectivity index (χ4v) is 0.896. The van der Waals surface area contributed by atoms with Gasteiger partial charge in [0.05, 0.1) is 27.5 Å². The lowest BCUT2D eigenvalue weighted by molar-refractivity contribution is -0.394. The Morgan fingerprint density at radius 2 is 1.69 bits per heavy atom. The second-order valence-corrected chi connectivity index (χ2v) is 2.65. The highest BCUT2D eigenvalue weighted by Crippen LogP contribution is 2.33. The number of halogens is 3. The smallest absolute Gasteiger partial charge is 0.258 e. The van der Waals surface area contributed by atoms with Crippen molar-refractivity contribution >= 4 is 11.4 Å². The summed E-state index contributed by atoms with van der Waals surface area (Å²) in [5.74, 6) is 0. The molecule has 0 unspecified atom stereocenters. The third-order valence-electron chi connectivity index (χ3n) is 1.55. The molecule has 0 fully saturated rings. The van der Waals surface area contributed by atoms with Crippen molar-refractivity contribution in [3.05, 3.63) is 44.0 Å². The second kappa shape index (κ2) is 3.76. The molecule has 0 N–H and O–H groups in total. The maximum absolute atomic E-state index is 12.2. The molecule has 85 valence electrons. The quantitative estimate of drug-likeness (QED) is 0.581. The van der Waals surface area contributed by atoms with Gasteiger partial charge in [0, 0.05) is 6.07 Å². The van der Waals surface area contributed by atoms with Gasteiger partial charge in [0.15, 0.2) is 0 Å². The average Bonchev–Trinajstić information content (AvgIpc) is 2.15. The largest absolute Gasteiger partial charge is 0.417 e. The Balaban J connectivity index is 3.42. The average molecular weight is 235 g/mol. The van der Waals surface area contributed by atoms with E-state index in [0.717, 1.165) is 0 Å². The fourth-order valence-electron chi connectivity index (χ4n) is 0.896. The number of nitro groups is 2. The van der Waals surface area contributed by atoms with Crippen LogP contribution in [-0.4, -0.2) is 9.85 Å². The molecular formula is C7H2F3N2O4. The van der Waals surface area contributed by atoms with Gasteiger partial charge in [-0.15, -0.1) is 0 Å². The summed E-state index contributed by atoms with van der Waals surface area (Å²) in [7, 11) is 0. The summed E-state index contributed by atoms with van der Waals surface area (Å²) in [6, 6.07) is 2.05. The zero-order valence-corrected chi connectivity index (χ0v) is 7.32. The molecule has 0 bridgehead atoms. The third-order valence-corrected chi connectivity index (χ3v) is 1.55. The SMILES string of the molecule is O=[N+]([O-])c1[c]c(C(F)(F)F)cc([N+](=O)[O-])c1. The number of nitrogens with zero attached hydrogens (tertiary/aromatic N) is 2. The number of hydrogen-bond acceptors (Lipinski definition) is 4. The molecule has 0 spiro atoms. The van der Waals surface area contributed by atoms with Crippen LogP contribution in [0.3, 0.4) is 0 Å². The highest BCUT2D eigenvalue weighted by Gasteiger charge is 2.35. The van der Waals surface area contributed by atoms with E-state index in [1.165, 1.54) is 6.07 Å². The Kier molecular flexibility index (Phi) is 2.79. The van der Waals surface area contributed by atoms with Gasteiger partial charge < -0.3 is 0 Å². The van der Waals surface area contributed by atoms with Gasteiger partial charge in [-0.05, 0) is 0 Å². The molecule has 0 saturated carbocycles. The van der Waals surface area contributed by atoms with Crippen molar-refractivity contribution in [2.45, 2.75) is 6.18 Å². The molecule has 0 aliphatic carbocycles. The Morgan fingerprint density at radius 3 is 2.06 bits per heavy atom. The summed E-state index contributed by atoms with van der Waals surface area (Å²) < 4.78 is 36.6. The highest BCUT2D eigenvalue weighted by atomic mass is 19.4. The van der Waals surface area contributed by atoms with Gasteiger partial charge in [-0.25, -0.2) is 0 Å². The van der Waals surface area contributed by atoms with Crippen molar-refractivity contribution in [3.63, 3.8) is 0 Å². The molecule has 1 aromatic carbocycles. The zero-order valence-electron chi connectivity index (χ0n) is 7.32. The standard InChI is InChI=1S/C7H2F3N2O4/c8-7(9,10)4-1-5(11(13)14)3-6(2-4)12(15)16/h1,3H. The molecule has 0 aliphatic heterocycles. The molecule has 0 heterocycles. The van der Waals surface area contributed by atoms with Gasteiger partial charge in [0.1, 0.15) is 0 Å². The molecule has 0 saturated heterocycles. The summed E-state index contributed by atoms with van der Waals surface area (Å²) in [6.07, 6.45) is -4.92. The second-order valence-electron chi connectivity index (χ2n) is 2.65. The molecule has 0 aromatic heterocycles. The van der Waals surface area contributed by atoms with E-state index in [9.17, 15) is 33.4 Å². The van der Waals surface area contributed by atoms with E-state index in [-0.39, 0.29) is 6.07 Å². The Labute approximate surface area is 85.6 Å². The monoisotopic (exact) mass is 235 g/mol. The minimum Gasteiger partial charge on any atom is -0.258 e. The van der Waals surface area contributed by atoms with Crippen LogP contribution >= 0.6 is 0 Å². The molecular weight excluding hydrogens is 233 g/mol. The van der Waals surface area contributed by atoms with Crippen molar-refractivity contribution in [1.29, 1.82) is 0 Å². The van der Waals surface area contributed by atoms with Crippen LogP contribution in [0.4, 0.5) is 24.5 Å². The van der Waals surface area contributed by atoms with Gasteiger partial charge in [-0.1, -0.05) is 0 Å². The molecule has 16 heavy (non-hydrogen) atoms. The molecule has 0 amide bonds. The van der Waals surface area contributed by atoms with E-state index >= 15 is 0 Å². The van der Waals surface area contributed by atoms with E-state index in [4.69, 9.17) is 0 Å². The number of hydrogen-bond donors (Lipinski definition) is 0. The van der Waals surface area contributed by atoms with Crippen LogP contribution in [0.15, 0.2) is 12.1 Å². The maximum Gasteiger partial charge on any atom is 0.417 e. The minimum absolute atomic E-state index is 0.187. The van der Waals surface area contributed by atoms with Crippen molar-refractivity contribution in [2.75, 3.05) is 0 Å². The third kappa shape index (κ3) is 2.43. The lowest BCUT2D eigenvalue weighted by Gasteiger charge is -2.04. The fraction of sp³-hybridized carbons (Fsp3) is 0.143. The van der Waals surface area contributed by atoms with Crippen molar-refractivity contribution in [1.82, 2.24) is 0 Å². The van der Waals surface area contributed by atoms with Crippen LogP contribution in [-0.2, 0) is 6.18 Å². The molecule has 9 heteroatoms. The highest BCUT2D eigenvalue weighted by molar-refractivity contribution is 5.46. The van der Waals surface area contributed by atoms with E-state index in [2.05, 4.69) is 0 Å². The van der Waals surface area contributed by atoms with Crippen molar-refractivity contribution in [2.24, 2.45) is 0 Å². The Bertz CT molecular complexity index is 425. The molecule has 0 aliphatic rings. The number of alkyl halides is 3. The van der Waals surface area contributed by atoms with Gasteiger partial charge >= 0.3 is 6.18 Å². The number of non-ortho nitro benzene ring substituents is 2.